The quantitative estimate of drug-likeness (QED) is 0.291. The number of aldehydes is 1. The molecule has 2 aromatic carbocycles. The highest BCUT2D eigenvalue weighted by molar-refractivity contribution is 5.89. The van der Waals surface area contributed by atoms with Crippen LogP contribution in [-0.2, 0) is 0 Å². The summed E-state index contributed by atoms with van der Waals surface area (Å²) in [5, 5.41) is 2.20. The molecule has 136 valence electrons. The number of unbranched alkanes of at least 4 members (excludes halogenated alkanes) is 9. The third-order valence-electron chi connectivity index (χ3n) is 4.74. The standard InChI is InChI=1S/C23H32O2/c1-2-3-4-5-6-7-8-9-10-11-16-25-23-15-14-21-13-12-20(19-24)17-22(21)18-23/h12-15,17-19H,2-11,16H2,1H3. The molecule has 0 N–H and O–H groups in total. The van der Waals surface area contributed by atoms with Gasteiger partial charge in [0.05, 0.1) is 6.61 Å². The van der Waals surface area contributed by atoms with Crippen LogP contribution in [0.15, 0.2) is 36.4 Å². The Morgan fingerprint density at radius 1 is 0.760 bits per heavy atom. The summed E-state index contributed by atoms with van der Waals surface area (Å²) in [6, 6.07) is 11.8. The van der Waals surface area contributed by atoms with Crippen molar-refractivity contribution in [2.75, 3.05) is 6.61 Å². The molecule has 2 rings (SSSR count). The van der Waals surface area contributed by atoms with Crippen LogP contribution in [0.5, 0.6) is 5.75 Å². The minimum absolute atomic E-state index is 0.708. The summed E-state index contributed by atoms with van der Waals surface area (Å²) in [6.07, 6.45) is 14.2. The lowest BCUT2D eigenvalue weighted by molar-refractivity contribution is 0.112. The largest absolute Gasteiger partial charge is 0.494 e. The maximum absolute atomic E-state index is 10.9. The van der Waals surface area contributed by atoms with E-state index in [1.165, 1.54) is 57.8 Å². The van der Waals surface area contributed by atoms with Gasteiger partial charge < -0.3 is 4.74 Å². The number of ether oxygens (including phenoxy) is 1. The van der Waals surface area contributed by atoms with Crippen molar-refractivity contribution in [3.63, 3.8) is 0 Å². The molecule has 25 heavy (non-hydrogen) atoms. The van der Waals surface area contributed by atoms with Gasteiger partial charge in [-0.15, -0.1) is 0 Å². The average molecular weight is 341 g/mol. The Hall–Kier alpha value is -1.83. The molecule has 0 fully saturated rings. The van der Waals surface area contributed by atoms with E-state index in [2.05, 4.69) is 13.0 Å². The molecular weight excluding hydrogens is 308 g/mol. The summed E-state index contributed by atoms with van der Waals surface area (Å²) in [6.45, 7) is 3.04. The van der Waals surface area contributed by atoms with Crippen molar-refractivity contribution in [3.8, 4) is 5.75 Å². The molecule has 0 atom stereocenters. The zero-order valence-corrected chi connectivity index (χ0v) is 15.6. The van der Waals surface area contributed by atoms with Crippen molar-refractivity contribution in [3.05, 3.63) is 42.0 Å². The maximum atomic E-state index is 10.9. The summed E-state index contributed by atoms with van der Waals surface area (Å²) in [5.41, 5.74) is 0.708. The van der Waals surface area contributed by atoms with Crippen LogP contribution in [0.3, 0.4) is 0 Å². The van der Waals surface area contributed by atoms with Crippen molar-refractivity contribution in [2.45, 2.75) is 71.1 Å². The molecule has 0 unspecified atom stereocenters. The van der Waals surface area contributed by atoms with E-state index in [4.69, 9.17) is 4.74 Å². The van der Waals surface area contributed by atoms with E-state index in [0.29, 0.717) is 5.56 Å². The van der Waals surface area contributed by atoms with E-state index in [-0.39, 0.29) is 0 Å². The van der Waals surface area contributed by atoms with Gasteiger partial charge in [0.25, 0.3) is 0 Å². The van der Waals surface area contributed by atoms with Crippen LogP contribution in [-0.4, -0.2) is 12.9 Å². The number of hydrogen-bond acceptors (Lipinski definition) is 2. The first-order valence-electron chi connectivity index (χ1n) is 9.95. The maximum Gasteiger partial charge on any atom is 0.150 e. The van der Waals surface area contributed by atoms with Gasteiger partial charge in [-0.3, -0.25) is 4.79 Å². The molecule has 0 amide bonds. The second-order valence-corrected chi connectivity index (χ2v) is 6.92. The van der Waals surface area contributed by atoms with Gasteiger partial charge in [0.2, 0.25) is 0 Å². The van der Waals surface area contributed by atoms with Crippen molar-refractivity contribution >= 4 is 17.1 Å². The molecule has 2 aromatic rings. The lowest BCUT2D eigenvalue weighted by Gasteiger charge is -2.08. The highest BCUT2D eigenvalue weighted by Crippen LogP contribution is 2.22. The van der Waals surface area contributed by atoms with Crippen LogP contribution < -0.4 is 4.74 Å². The lowest BCUT2D eigenvalue weighted by atomic mass is 10.1. The second-order valence-electron chi connectivity index (χ2n) is 6.92. The van der Waals surface area contributed by atoms with Gasteiger partial charge in [0, 0.05) is 5.56 Å². The monoisotopic (exact) mass is 340 g/mol. The Kier molecular flexibility index (Phi) is 9.11. The van der Waals surface area contributed by atoms with Crippen LogP contribution >= 0.6 is 0 Å². The highest BCUT2D eigenvalue weighted by Gasteiger charge is 2.00. The third-order valence-corrected chi connectivity index (χ3v) is 4.74. The molecule has 0 saturated heterocycles. The van der Waals surface area contributed by atoms with Crippen LogP contribution in [0.4, 0.5) is 0 Å². The zero-order chi connectivity index (χ0) is 17.7. The molecule has 2 heteroatoms. The van der Waals surface area contributed by atoms with Gasteiger partial charge in [-0.05, 0) is 35.4 Å². The fourth-order valence-corrected chi connectivity index (χ4v) is 3.19. The summed E-state index contributed by atoms with van der Waals surface area (Å²) in [4.78, 5) is 10.9. The molecule has 0 aliphatic rings. The first kappa shape index (κ1) is 19.5. The third kappa shape index (κ3) is 7.29. The Morgan fingerprint density at radius 3 is 2.08 bits per heavy atom. The molecule has 0 bridgehead atoms. The van der Waals surface area contributed by atoms with Crippen molar-refractivity contribution < 1.29 is 9.53 Å². The summed E-state index contributed by atoms with van der Waals surface area (Å²) in [7, 11) is 0. The molecule has 2 nitrogen and oxygen atoms in total. The van der Waals surface area contributed by atoms with Gasteiger partial charge >= 0.3 is 0 Å². The van der Waals surface area contributed by atoms with Gasteiger partial charge in [-0.1, -0.05) is 82.9 Å². The molecule has 0 saturated carbocycles. The summed E-state index contributed by atoms with van der Waals surface area (Å²) >= 11 is 0. The first-order chi connectivity index (χ1) is 12.3. The lowest BCUT2D eigenvalue weighted by Crippen LogP contribution is -1.97. The molecule has 0 radical (unpaired) electrons. The van der Waals surface area contributed by atoms with Crippen molar-refractivity contribution in [2.24, 2.45) is 0 Å². The predicted octanol–water partition coefficient (Wildman–Crippen LogP) is 6.95. The SMILES string of the molecule is CCCCCCCCCCCCOc1ccc2ccc(C=O)cc2c1. The topological polar surface area (TPSA) is 26.3 Å². The van der Waals surface area contributed by atoms with E-state index >= 15 is 0 Å². The number of carbonyl (C=O) groups is 1. The Morgan fingerprint density at radius 2 is 1.40 bits per heavy atom. The normalized spacial score (nSPS) is 10.9. The second kappa shape index (κ2) is 11.7. The van der Waals surface area contributed by atoms with Gasteiger partial charge in [0.1, 0.15) is 12.0 Å². The number of hydrogen-bond donors (Lipinski definition) is 0. The van der Waals surface area contributed by atoms with Crippen molar-refractivity contribution in [1.82, 2.24) is 0 Å². The smallest absolute Gasteiger partial charge is 0.150 e. The fourth-order valence-electron chi connectivity index (χ4n) is 3.19. The predicted molar refractivity (Wildman–Crippen MR) is 107 cm³/mol. The molecule has 0 spiro atoms. The van der Waals surface area contributed by atoms with E-state index in [0.717, 1.165) is 35.8 Å². The highest BCUT2D eigenvalue weighted by atomic mass is 16.5. The number of fused-ring (bicyclic) bond motifs is 1. The summed E-state index contributed by atoms with van der Waals surface area (Å²) in [5.74, 6) is 0.895. The molecular formula is C23H32O2. The van der Waals surface area contributed by atoms with Crippen LogP contribution in [0.25, 0.3) is 10.8 Å². The Bertz CT molecular complexity index is 633. The van der Waals surface area contributed by atoms with E-state index in [9.17, 15) is 4.79 Å². The van der Waals surface area contributed by atoms with Gasteiger partial charge in [-0.25, -0.2) is 0 Å². The average Bonchev–Trinajstić information content (AvgIpc) is 2.65. The van der Waals surface area contributed by atoms with E-state index < -0.39 is 0 Å². The number of rotatable bonds is 13. The van der Waals surface area contributed by atoms with Crippen molar-refractivity contribution in [1.29, 1.82) is 0 Å². The minimum Gasteiger partial charge on any atom is -0.494 e. The Balaban J connectivity index is 1.59. The minimum atomic E-state index is 0.708. The number of carbonyl (C=O) groups excluding carboxylic acids is 1. The molecule has 0 heterocycles. The van der Waals surface area contributed by atoms with Crippen LogP contribution in [0.2, 0.25) is 0 Å². The van der Waals surface area contributed by atoms with E-state index in [1.807, 2.05) is 30.3 Å². The number of benzene rings is 2. The molecule has 0 aliphatic carbocycles. The summed E-state index contributed by atoms with van der Waals surface area (Å²) < 4.78 is 5.87. The van der Waals surface area contributed by atoms with Gasteiger partial charge in [0.15, 0.2) is 0 Å². The first-order valence-corrected chi connectivity index (χ1v) is 9.95. The van der Waals surface area contributed by atoms with Crippen LogP contribution in [0, 0.1) is 0 Å². The Labute approximate surface area is 152 Å². The van der Waals surface area contributed by atoms with E-state index in [1.54, 1.807) is 0 Å². The van der Waals surface area contributed by atoms with Gasteiger partial charge in [-0.2, -0.15) is 0 Å². The van der Waals surface area contributed by atoms with Crippen LogP contribution in [0.1, 0.15) is 81.5 Å². The molecule has 0 aliphatic heterocycles. The fraction of sp³-hybridized carbons (Fsp3) is 0.522. The molecule has 0 aromatic heterocycles. The zero-order valence-electron chi connectivity index (χ0n) is 15.6.